The fourth-order valence-electron chi connectivity index (χ4n) is 1.85. The summed E-state index contributed by atoms with van der Waals surface area (Å²) in [6.45, 7) is 15.2. The molecule has 0 saturated heterocycles. The number of nitrogens with zero attached hydrogens (tertiary/aromatic N) is 2. The van der Waals surface area contributed by atoms with Gasteiger partial charge in [0.1, 0.15) is 0 Å². The molecule has 1 rings (SSSR count). The zero-order valence-corrected chi connectivity index (χ0v) is 13.1. The molecule has 0 spiro atoms. The number of hydrogen-bond donors (Lipinski definition) is 1. The molecule has 1 N–H and O–H groups in total. The maximum absolute atomic E-state index is 5.60. The molecule has 1 aromatic rings. The van der Waals surface area contributed by atoms with Crippen molar-refractivity contribution in [3.8, 4) is 0 Å². The van der Waals surface area contributed by atoms with Crippen molar-refractivity contribution in [2.75, 3.05) is 19.8 Å². The standard InChI is InChI=1S/C15H29N3O/c1-12(2)8-16-9-15-10-17-18(14(15)5)6-7-19-11-13(3)4/h10,12-13,16H,6-9,11H2,1-5H3. The Morgan fingerprint density at radius 1 is 1.26 bits per heavy atom. The van der Waals surface area contributed by atoms with E-state index < -0.39 is 0 Å². The molecule has 0 aromatic carbocycles. The minimum atomic E-state index is 0.592. The Morgan fingerprint density at radius 3 is 2.63 bits per heavy atom. The lowest BCUT2D eigenvalue weighted by Crippen LogP contribution is -2.19. The first kappa shape index (κ1) is 16.2. The molecule has 0 atom stereocenters. The van der Waals surface area contributed by atoms with E-state index in [1.165, 1.54) is 11.3 Å². The Morgan fingerprint density at radius 2 is 2.00 bits per heavy atom. The Bertz CT molecular complexity index is 358. The van der Waals surface area contributed by atoms with Crippen molar-refractivity contribution < 1.29 is 4.74 Å². The maximum Gasteiger partial charge on any atom is 0.0662 e. The summed E-state index contributed by atoms with van der Waals surface area (Å²) in [7, 11) is 0. The molecule has 1 aromatic heterocycles. The highest BCUT2D eigenvalue weighted by Gasteiger charge is 2.06. The van der Waals surface area contributed by atoms with Crippen LogP contribution >= 0.6 is 0 Å². The molecule has 0 fully saturated rings. The summed E-state index contributed by atoms with van der Waals surface area (Å²) in [5, 5.41) is 7.88. The molecule has 0 amide bonds. The van der Waals surface area contributed by atoms with Crippen LogP contribution < -0.4 is 5.32 Å². The Kier molecular flexibility index (Phi) is 7.10. The zero-order valence-electron chi connectivity index (χ0n) is 13.1. The van der Waals surface area contributed by atoms with Gasteiger partial charge in [0.2, 0.25) is 0 Å². The highest BCUT2D eigenvalue weighted by molar-refractivity contribution is 5.15. The second-order valence-electron chi connectivity index (χ2n) is 5.97. The average molecular weight is 267 g/mol. The molecule has 0 unspecified atom stereocenters. The van der Waals surface area contributed by atoms with Gasteiger partial charge in [0, 0.05) is 24.4 Å². The molecule has 19 heavy (non-hydrogen) atoms. The number of rotatable bonds is 9. The molecule has 0 aliphatic rings. The minimum absolute atomic E-state index is 0.592. The maximum atomic E-state index is 5.60. The minimum Gasteiger partial charge on any atom is -0.379 e. The lowest BCUT2D eigenvalue weighted by atomic mass is 10.2. The Balaban J connectivity index is 2.34. The van der Waals surface area contributed by atoms with Crippen molar-refractivity contribution in [2.45, 2.75) is 47.7 Å². The van der Waals surface area contributed by atoms with E-state index in [1.54, 1.807) is 0 Å². The van der Waals surface area contributed by atoms with Crippen LogP contribution in [0.25, 0.3) is 0 Å². The molecule has 4 heteroatoms. The van der Waals surface area contributed by atoms with Crippen LogP contribution in [0.2, 0.25) is 0 Å². The van der Waals surface area contributed by atoms with Gasteiger partial charge in [-0.1, -0.05) is 27.7 Å². The van der Waals surface area contributed by atoms with Crippen LogP contribution in [0.4, 0.5) is 0 Å². The van der Waals surface area contributed by atoms with Crippen LogP contribution in [0, 0.1) is 18.8 Å². The molecule has 0 bridgehead atoms. The molecule has 0 saturated carbocycles. The number of hydrogen-bond acceptors (Lipinski definition) is 3. The fraction of sp³-hybridized carbons (Fsp3) is 0.800. The zero-order chi connectivity index (χ0) is 14.3. The lowest BCUT2D eigenvalue weighted by molar-refractivity contribution is 0.101. The van der Waals surface area contributed by atoms with E-state index in [9.17, 15) is 0 Å². The number of aromatic nitrogens is 2. The second-order valence-corrected chi connectivity index (χ2v) is 5.97. The van der Waals surface area contributed by atoms with E-state index in [0.29, 0.717) is 11.8 Å². The smallest absolute Gasteiger partial charge is 0.0662 e. The van der Waals surface area contributed by atoms with E-state index in [-0.39, 0.29) is 0 Å². The first-order valence-corrected chi connectivity index (χ1v) is 7.30. The summed E-state index contributed by atoms with van der Waals surface area (Å²) in [4.78, 5) is 0. The van der Waals surface area contributed by atoms with Crippen LogP contribution in [0.3, 0.4) is 0 Å². The molecular weight excluding hydrogens is 238 g/mol. The van der Waals surface area contributed by atoms with E-state index in [4.69, 9.17) is 4.74 Å². The van der Waals surface area contributed by atoms with Gasteiger partial charge >= 0.3 is 0 Å². The van der Waals surface area contributed by atoms with Crippen LogP contribution in [0.1, 0.15) is 39.0 Å². The van der Waals surface area contributed by atoms with Crippen LogP contribution in [-0.4, -0.2) is 29.5 Å². The van der Waals surface area contributed by atoms with Gasteiger partial charge in [-0.15, -0.1) is 0 Å². The van der Waals surface area contributed by atoms with E-state index >= 15 is 0 Å². The summed E-state index contributed by atoms with van der Waals surface area (Å²) < 4.78 is 7.63. The summed E-state index contributed by atoms with van der Waals surface area (Å²) in [6.07, 6.45) is 1.96. The van der Waals surface area contributed by atoms with Crippen molar-refractivity contribution in [3.63, 3.8) is 0 Å². The van der Waals surface area contributed by atoms with Gasteiger partial charge in [-0.3, -0.25) is 4.68 Å². The quantitative estimate of drug-likeness (QED) is 0.699. The molecule has 110 valence electrons. The largest absolute Gasteiger partial charge is 0.379 e. The molecule has 0 radical (unpaired) electrons. The van der Waals surface area contributed by atoms with Crippen LogP contribution in [0.15, 0.2) is 6.20 Å². The lowest BCUT2D eigenvalue weighted by Gasteiger charge is -2.09. The van der Waals surface area contributed by atoms with Crippen molar-refractivity contribution in [1.82, 2.24) is 15.1 Å². The van der Waals surface area contributed by atoms with E-state index in [0.717, 1.165) is 32.8 Å². The van der Waals surface area contributed by atoms with Gasteiger partial charge in [-0.2, -0.15) is 5.10 Å². The van der Waals surface area contributed by atoms with Gasteiger partial charge in [0.05, 0.1) is 19.3 Å². The summed E-state index contributed by atoms with van der Waals surface area (Å²) in [5.41, 5.74) is 2.52. The van der Waals surface area contributed by atoms with E-state index in [1.807, 2.05) is 10.9 Å². The molecular formula is C15H29N3O. The summed E-state index contributed by atoms with van der Waals surface area (Å²) >= 11 is 0. The molecule has 1 heterocycles. The van der Waals surface area contributed by atoms with Crippen molar-refractivity contribution in [1.29, 1.82) is 0 Å². The van der Waals surface area contributed by atoms with Gasteiger partial charge in [0.25, 0.3) is 0 Å². The monoisotopic (exact) mass is 267 g/mol. The third-order valence-corrected chi connectivity index (χ3v) is 2.97. The number of nitrogens with one attached hydrogen (secondary N) is 1. The first-order chi connectivity index (χ1) is 9.00. The SMILES string of the molecule is Cc1c(CNCC(C)C)cnn1CCOCC(C)C. The third kappa shape index (κ3) is 6.21. The van der Waals surface area contributed by atoms with Crippen molar-refractivity contribution in [2.24, 2.45) is 11.8 Å². The average Bonchev–Trinajstić information content (AvgIpc) is 2.66. The number of ether oxygens (including phenoxy) is 1. The van der Waals surface area contributed by atoms with Crippen molar-refractivity contribution >= 4 is 0 Å². The van der Waals surface area contributed by atoms with Gasteiger partial charge < -0.3 is 10.1 Å². The highest BCUT2D eigenvalue weighted by Crippen LogP contribution is 2.07. The summed E-state index contributed by atoms with van der Waals surface area (Å²) in [6, 6.07) is 0. The molecule has 0 aliphatic carbocycles. The second kappa shape index (κ2) is 8.33. The Labute approximate surface area is 117 Å². The van der Waals surface area contributed by atoms with Gasteiger partial charge in [-0.25, -0.2) is 0 Å². The molecule has 4 nitrogen and oxygen atoms in total. The predicted octanol–water partition coefficient (Wildman–Crippen LogP) is 2.61. The summed E-state index contributed by atoms with van der Waals surface area (Å²) in [5.74, 6) is 1.27. The normalized spacial score (nSPS) is 11.7. The van der Waals surface area contributed by atoms with Crippen LogP contribution in [-0.2, 0) is 17.8 Å². The highest BCUT2D eigenvalue weighted by atomic mass is 16.5. The first-order valence-electron chi connectivity index (χ1n) is 7.30. The predicted molar refractivity (Wildman–Crippen MR) is 79.2 cm³/mol. The third-order valence-electron chi connectivity index (χ3n) is 2.97. The van der Waals surface area contributed by atoms with Crippen LogP contribution in [0.5, 0.6) is 0 Å². The Hall–Kier alpha value is -0.870. The molecule has 0 aliphatic heterocycles. The van der Waals surface area contributed by atoms with E-state index in [2.05, 4.69) is 45.0 Å². The van der Waals surface area contributed by atoms with Gasteiger partial charge in [-0.05, 0) is 25.3 Å². The topological polar surface area (TPSA) is 39.1 Å². The van der Waals surface area contributed by atoms with Crippen molar-refractivity contribution in [3.05, 3.63) is 17.5 Å². The fourth-order valence-corrected chi connectivity index (χ4v) is 1.85. The van der Waals surface area contributed by atoms with Gasteiger partial charge in [0.15, 0.2) is 0 Å².